The zero-order valence-electron chi connectivity index (χ0n) is 14.2. The molecular weight excluding hydrogens is 304 g/mol. The molecule has 0 spiro atoms. The van der Waals surface area contributed by atoms with Crippen LogP contribution in [0.3, 0.4) is 0 Å². The Kier molecular flexibility index (Phi) is 4.69. The number of nitrogens with zero attached hydrogens (tertiary/aromatic N) is 1. The summed E-state index contributed by atoms with van der Waals surface area (Å²) in [7, 11) is 0. The van der Waals surface area contributed by atoms with Gasteiger partial charge in [-0.05, 0) is 36.5 Å². The fourth-order valence-corrected chi connectivity index (χ4v) is 3.71. The largest absolute Gasteiger partial charge is 0.325 e. The van der Waals surface area contributed by atoms with Crippen molar-refractivity contribution in [1.82, 2.24) is 4.90 Å². The summed E-state index contributed by atoms with van der Waals surface area (Å²) in [4.78, 5) is 38.3. The second-order valence-electron chi connectivity index (χ2n) is 7.09. The highest BCUT2D eigenvalue weighted by molar-refractivity contribution is 6.08. The lowest BCUT2D eigenvalue weighted by Gasteiger charge is -2.19. The van der Waals surface area contributed by atoms with Gasteiger partial charge in [-0.1, -0.05) is 38.8 Å². The summed E-state index contributed by atoms with van der Waals surface area (Å²) in [6.45, 7) is 3.99. The highest BCUT2D eigenvalue weighted by Gasteiger charge is 2.48. The molecule has 0 radical (unpaired) electrons. The summed E-state index contributed by atoms with van der Waals surface area (Å²) in [5, 5.41) is 2.80. The number of hydrogen-bond acceptors (Lipinski definition) is 3. The molecule has 0 aromatic heterocycles. The number of nitrogens with one attached hydrogen (secondary N) is 1. The Balaban J connectivity index is 1.65. The van der Waals surface area contributed by atoms with Crippen LogP contribution in [0.5, 0.6) is 0 Å². The number of anilines is 1. The predicted molar refractivity (Wildman–Crippen MR) is 91.3 cm³/mol. The van der Waals surface area contributed by atoms with Crippen molar-refractivity contribution >= 4 is 23.4 Å². The van der Waals surface area contributed by atoms with Crippen LogP contribution in [0.1, 0.15) is 51.0 Å². The molecule has 1 aromatic carbocycles. The Morgan fingerprint density at radius 3 is 2.38 bits per heavy atom. The molecule has 0 bridgehead atoms. The van der Waals surface area contributed by atoms with E-state index >= 15 is 0 Å². The molecule has 0 unspecified atom stereocenters. The maximum atomic E-state index is 12.4. The molecule has 128 valence electrons. The SMILES string of the molecule is CC(C)c1cccc(NC(=O)CN2C(=O)[C@@H]3CCCC[C@H]3C2=O)c1. The second kappa shape index (κ2) is 6.75. The van der Waals surface area contributed by atoms with E-state index in [-0.39, 0.29) is 36.1 Å². The minimum absolute atomic E-state index is 0.171. The quantitative estimate of drug-likeness (QED) is 0.864. The average molecular weight is 328 g/mol. The van der Waals surface area contributed by atoms with E-state index in [0.717, 1.165) is 36.1 Å². The molecule has 2 fully saturated rings. The van der Waals surface area contributed by atoms with Gasteiger partial charge in [-0.15, -0.1) is 0 Å². The highest BCUT2D eigenvalue weighted by atomic mass is 16.2. The summed E-state index contributed by atoms with van der Waals surface area (Å²) in [6, 6.07) is 7.65. The minimum Gasteiger partial charge on any atom is -0.325 e. The van der Waals surface area contributed by atoms with Crippen LogP contribution in [0.4, 0.5) is 5.69 Å². The Labute approximate surface area is 142 Å². The molecule has 1 aromatic rings. The van der Waals surface area contributed by atoms with Gasteiger partial charge in [0.1, 0.15) is 6.54 Å². The topological polar surface area (TPSA) is 66.5 Å². The van der Waals surface area contributed by atoms with E-state index in [1.807, 2.05) is 24.3 Å². The number of hydrogen-bond donors (Lipinski definition) is 1. The van der Waals surface area contributed by atoms with Crippen molar-refractivity contribution in [3.8, 4) is 0 Å². The van der Waals surface area contributed by atoms with E-state index in [9.17, 15) is 14.4 Å². The molecule has 24 heavy (non-hydrogen) atoms. The third-order valence-corrected chi connectivity index (χ3v) is 5.07. The Hall–Kier alpha value is -2.17. The summed E-state index contributed by atoms with van der Waals surface area (Å²) in [5.41, 5.74) is 1.83. The van der Waals surface area contributed by atoms with Crippen LogP contribution >= 0.6 is 0 Å². The van der Waals surface area contributed by atoms with Gasteiger partial charge < -0.3 is 5.32 Å². The molecule has 2 atom stereocenters. The number of benzene rings is 1. The third-order valence-electron chi connectivity index (χ3n) is 5.07. The van der Waals surface area contributed by atoms with Crippen LogP contribution in [0.25, 0.3) is 0 Å². The van der Waals surface area contributed by atoms with Gasteiger partial charge in [0.05, 0.1) is 11.8 Å². The number of imide groups is 1. The summed E-state index contributed by atoms with van der Waals surface area (Å²) >= 11 is 0. The van der Waals surface area contributed by atoms with Crippen LogP contribution in [0.15, 0.2) is 24.3 Å². The maximum Gasteiger partial charge on any atom is 0.244 e. The van der Waals surface area contributed by atoms with Gasteiger partial charge in [-0.3, -0.25) is 19.3 Å². The Bertz CT molecular complexity index is 644. The van der Waals surface area contributed by atoms with Crippen LogP contribution < -0.4 is 5.32 Å². The van der Waals surface area contributed by atoms with E-state index in [1.54, 1.807) is 0 Å². The zero-order chi connectivity index (χ0) is 17.3. The van der Waals surface area contributed by atoms with E-state index in [4.69, 9.17) is 0 Å². The van der Waals surface area contributed by atoms with E-state index in [1.165, 1.54) is 0 Å². The van der Waals surface area contributed by atoms with Gasteiger partial charge in [0.15, 0.2) is 0 Å². The van der Waals surface area contributed by atoms with Crippen molar-refractivity contribution in [2.24, 2.45) is 11.8 Å². The first-order chi connectivity index (χ1) is 11.5. The number of carbonyl (C=O) groups is 3. The molecule has 1 saturated carbocycles. The first kappa shape index (κ1) is 16.7. The van der Waals surface area contributed by atoms with E-state index in [0.29, 0.717) is 11.6 Å². The van der Waals surface area contributed by atoms with Crippen molar-refractivity contribution in [3.63, 3.8) is 0 Å². The Morgan fingerprint density at radius 1 is 1.17 bits per heavy atom. The van der Waals surface area contributed by atoms with Crippen molar-refractivity contribution in [2.45, 2.75) is 45.4 Å². The maximum absolute atomic E-state index is 12.4. The van der Waals surface area contributed by atoms with Gasteiger partial charge in [-0.2, -0.15) is 0 Å². The molecule has 1 aliphatic carbocycles. The first-order valence-corrected chi connectivity index (χ1v) is 8.72. The van der Waals surface area contributed by atoms with Crippen LogP contribution in [-0.2, 0) is 14.4 Å². The van der Waals surface area contributed by atoms with Crippen LogP contribution in [0.2, 0.25) is 0 Å². The van der Waals surface area contributed by atoms with Crippen molar-refractivity contribution in [2.75, 3.05) is 11.9 Å². The zero-order valence-corrected chi connectivity index (χ0v) is 14.2. The number of carbonyl (C=O) groups excluding carboxylic acids is 3. The molecule has 1 saturated heterocycles. The van der Waals surface area contributed by atoms with Gasteiger partial charge in [0.2, 0.25) is 17.7 Å². The first-order valence-electron chi connectivity index (χ1n) is 8.72. The second-order valence-corrected chi connectivity index (χ2v) is 7.09. The molecule has 1 N–H and O–H groups in total. The molecular formula is C19H24N2O3. The predicted octanol–water partition coefficient (Wildman–Crippen LogP) is 2.92. The molecule has 1 aliphatic heterocycles. The molecule has 2 aliphatic rings. The average Bonchev–Trinajstić information content (AvgIpc) is 2.80. The summed E-state index contributed by atoms with van der Waals surface area (Å²) in [5.74, 6) is -0.707. The van der Waals surface area contributed by atoms with Gasteiger partial charge >= 0.3 is 0 Å². The molecule has 5 heteroatoms. The smallest absolute Gasteiger partial charge is 0.244 e. The number of rotatable bonds is 4. The van der Waals surface area contributed by atoms with Gasteiger partial charge in [0, 0.05) is 5.69 Å². The fourth-order valence-electron chi connectivity index (χ4n) is 3.71. The van der Waals surface area contributed by atoms with Gasteiger partial charge in [0.25, 0.3) is 0 Å². The highest BCUT2D eigenvalue weighted by Crippen LogP contribution is 2.37. The van der Waals surface area contributed by atoms with Crippen molar-refractivity contribution in [3.05, 3.63) is 29.8 Å². The van der Waals surface area contributed by atoms with Crippen LogP contribution in [-0.4, -0.2) is 29.2 Å². The normalized spacial score (nSPS) is 23.5. The van der Waals surface area contributed by atoms with Crippen molar-refractivity contribution < 1.29 is 14.4 Å². The van der Waals surface area contributed by atoms with E-state index in [2.05, 4.69) is 19.2 Å². The van der Waals surface area contributed by atoms with Gasteiger partial charge in [-0.25, -0.2) is 0 Å². The minimum atomic E-state index is -0.323. The summed E-state index contributed by atoms with van der Waals surface area (Å²) in [6.07, 6.45) is 3.51. The monoisotopic (exact) mass is 328 g/mol. The summed E-state index contributed by atoms with van der Waals surface area (Å²) < 4.78 is 0. The van der Waals surface area contributed by atoms with Crippen LogP contribution in [0, 0.1) is 11.8 Å². The molecule has 5 nitrogen and oxygen atoms in total. The molecule has 3 amide bonds. The molecule has 3 rings (SSSR count). The standard InChI is InChI=1S/C19H24N2O3/c1-12(2)13-6-5-7-14(10-13)20-17(22)11-21-18(23)15-8-3-4-9-16(15)19(21)24/h5-7,10,12,15-16H,3-4,8-9,11H2,1-2H3,(H,20,22)/t15-,16-/m1/s1. The lowest BCUT2D eigenvalue weighted by molar-refractivity contribution is -0.142. The van der Waals surface area contributed by atoms with Crippen molar-refractivity contribution in [1.29, 1.82) is 0 Å². The molecule has 1 heterocycles. The lowest BCUT2D eigenvalue weighted by Crippen LogP contribution is -2.38. The number of fused-ring (bicyclic) bond motifs is 1. The number of likely N-dealkylation sites (tertiary alicyclic amines) is 1. The lowest BCUT2D eigenvalue weighted by atomic mass is 9.81. The Morgan fingerprint density at radius 2 is 1.79 bits per heavy atom. The number of amides is 3. The van der Waals surface area contributed by atoms with E-state index < -0.39 is 0 Å². The fraction of sp³-hybridized carbons (Fsp3) is 0.526. The third kappa shape index (κ3) is 3.21.